The maximum atomic E-state index is 12.3. The number of thioether (sulfide) groups is 1. The minimum absolute atomic E-state index is 0.0292. The van der Waals surface area contributed by atoms with Gasteiger partial charge in [0.2, 0.25) is 11.8 Å². The first kappa shape index (κ1) is 20.8. The number of fused-ring (bicyclic) bond motifs is 1. The summed E-state index contributed by atoms with van der Waals surface area (Å²) in [5.74, 6) is 0.771. The molecule has 2 heterocycles. The van der Waals surface area contributed by atoms with E-state index in [0.717, 1.165) is 27.7 Å². The normalized spacial score (nSPS) is 10.9. The van der Waals surface area contributed by atoms with Gasteiger partial charge in [-0.05, 0) is 37.3 Å². The van der Waals surface area contributed by atoms with Crippen LogP contribution in [0.25, 0.3) is 21.7 Å². The number of nitrogens with one attached hydrogen (secondary N) is 1. The van der Waals surface area contributed by atoms with E-state index < -0.39 is 4.92 Å². The molecule has 1 N–H and O–H groups in total. The molecule has 4 aromatic rings. The molecule has 0 aliphatic heterocycles. The zero-order valence-corrected chi connectivity index (χ0v) is 17.7. The fourth-order valence-corrected chi connectivity index (χ4v) is 4.08. The van der Waals surface area contributed by atoms with Crippen LogP contribution in [0.1, 0.15) is 6.92 Å². The summed E-state index contributed by atoms with van der Waals surface area (Å²) in [5.41, 5.74) is 1.30. The number of ether oxygens (including phenoxy) is 1. The topological polar surface area (TPSA) is 133 Å². The number of nitro benzene ring substituents is 1. The van der Waals surface area contributed by atoms with Crippen LogP contribution in [-0.4, -0.2) is 38.4 Å². The summed E-state index contributed by atoms with van der Waals surface area (Å²) in [6, 6.07) is 11.3. The van der Waals surface area contributed by atoms with Crippen LogP contribution in [-0.2, 0) is 4.79 Å². The van der Waals surface area contributed by atoms with Crippen molar-refractivity contribution in [3.05, 3.63) is 52.6 Å². The molecule has 0 aliphatic carbocycles. The van der Waals surface area contributed by atoms with Crippen molar-refractivity contribution in [1.82, 2.24) is 15.2 Å². The molecule has 1 amide bonds. The molecule has 0 saturated heterocycles. The molecule has 0 bridgehead atoms. The van der Waals surface area contributed by atoms with E-state index >= 15 is 0 Å². The van der Waals surface area contributed by atoms with E-state index in [1.807, 2.05) is 25.1 Å². The molecule has 0 atom stereocenters. The second-order valence-electron chi connectivity index (χ2n) is 6.10. The number of benzene rings is 2. The minimum atomic E-state index is -0.485. The fraction of sp³-hybridized carbons (Fsp3) is 0.158. The standard InChI is InChI=1S/C19H15N5O5S2/c1-2-28-13-7-8-14-15(9-13)31-18(20-14)21-16(25)10-30-19-23-22-17(29-19)11-3-5-12(6-4-11)24(26)27/h3-9H,2,10H2,1H3,(H,20,21,25). The first-order valence-electron chi connectivity index (χ1n) is 9.06. The lowest BCUT2D eigenvalue weighted by molar-refractivity contribution is -0.384. The summed E-state index contributed by atoms with van der Waals surface area (Å²) in [4.78, 5) is 26.9. The Bertz CT molecular complexity index is 1240. The van der Waals surface area contributed by atoms with Crippen LogP contribution in [0.4, 0.5) is 10.8 Å². The number of non-ortho nitro benzene ring substituents is 1. The van der Waals surface area contributed by atoms with Crippen LogP contribution in [0.3, 0.4) is 0 Å². The molecule has 0 radical (unpaired) electrons. The average Bonchev–Trinajstić information content (AvgIpc) is 3.39. The SMILES string of the molecule is CCOc1ccc2nc(NC(=O)CSc3nnc(-c4ccc([N+](=O)[O-])cc4)o3)sc2c1. The van der Waals surface area contributed by atoms with Crippen molar-refractivity contribution in [2.24, 2.45) is 0 Å². The predicted octanol–water partition coefficient (Wildman–Crippen LogP) is 4.38. The maximum Gasteiger partial charge on any atom is 0.277 e. The van der Waals surface area contributed by atoms with Gasteiger partial charge in [0.1, 0.15) is 5.75 Å². The fourth-order valence-electron chi connectivity index (χ4n) is 2.61. The Morgan fingerprint density at radius 2 is 2.06 bits per heavy atom. The van der Waals surface area contributed by atoms with Gasteiger partial charge < -0.3 is 14.5 Å². The molecule has 2 aromatic heterocycles. The van der Waals surface area contributed by atoms with E-state index in [1.165, 1.54) is 35.6 Å². The Morgan fingerprint density at radius 3 is 2.81 bits per heavy atom. The lowest BCUT2D eigenvalue weighted by atomic mass is 10.2. The number of thiazole rings is 1. The van der Waals surface area contributed by atoms with Gasteiger partial charge in [-0.1, -0.05) is 23.1 Å². The lowest BCUT2D eigenvalue weighted by Crippen LogP contribution is -2.13. The quantitative estimate of drug-likeness (QED) is 0.232. The van der Waals surface area contributed by atoms with E-state index in [2.05, 4.69) is 20.5 Å². The highest BCUT2D eigenvalue weighted by Gasteiger charge is 2.14. The van der Waals surface area contributed by atoms with Crippen LogP contribution in [0, 0.1) is 10.1 Å². The number of nitro groups is 1. The molecule has 31 heavy (non-hydrogen) atoms. The Morgan fingerprint density at radius 1 is 1.26 bits per heavy atom. The summed E-state index contributed by atoms with van der Waals surface area (Å²) >= 11 is 2.44. The number of carbonyl (C=O) groups is 1. The van der Waals surface area contributed by atoms with E-state index in [0.29, 0.717) is 17.3 Å². The number of amides is 1. The molecule has 0 unspecified atom stereocenters. The van der Waals surface area contributed by atoms with Crippen molar-refractivity contribution in [3.63, 3.8) is 0 Å². The molecular formula is C19H15N5O5S2. The zero-order valence-electron chi connectivity index (χ0n) is 16.1. The monoisotopic (exact) mass is 457 g/mol. The number of anilines is 1. The molecular weight excluding hydrogens is 442 g/mol. The van der Waals surface area contributed by atoms with Gasteiger partial charge >= 0.3 is 0 Å². The van der Waals surface area contributed by atoms with Crippen LogP contribution >= 0.6 is 23.1 Å². The number of hydrogen-bond donors (Lipinski definition) is 1. The first-order chi connectivity index (χ1) is 15.0. The number of carbonyl (C=O) groups excluding carboxylic acids is 1. The van der Waals surface area contributed by atoms with Crippen molar-refractivity contribution in [3.8, 4) is 17.2 Å². The summed E-state index contributed by atoms with van der Waals surface area (Å²) in [6.45, 7) is 2.49. The Kier molecular flexibility index (Phi) is 6.09. The Hall–Kier alpha value is -3.51. The van der Waals surface area contributed by atoms with Gasteiger partial charge in [0.05, 0.1) is 27.5 Å². The third-order valence-electron chi connectivity index (χ3n) is 3.98. The lowest BCUT2D eigenvalue weighted by Gasteiger charge is -2.00. The largest absolute Gasteiger partial charge is 0.494 e. The van der Waals surface area contributed by atoms with Crippen LogP contribution in [0.5, 0.6) is 5.75 Å². The van der Waals surface area contributed by atoms with Crippen LogP contribution in [0.15, 0.2) is 52.1 Å². The first-order valence-corrected chi connectivity index (χ1v) is 10.9. The van der Waals surface area contributed by atoms with Gasteiger partial charge in [0.15, 0.2) is 5.13 Å². The maximum absolute atomic E-state index is 12.3. The predicted molar refractivity (Wildman–Crippen MR) is 117 cm³/mol. The summed E-state index contributed by atoms with van der Waals surface area (Å²) < 4.78 is 11.9. The number of rotatable bonds is 8. The highest BCUT2D eigenvalue weighted by Crippen LogP contribution is 2.30. The highest BCUT2D eigenvalue weighted by atomic mass is 32.2. The third-order valence-corrected chi connectivity index (χ3v) is 5.73. The molecule has 0 saturated carbocycles. The van der Waals surface area contributed by atoms with Gasteiger partial charge in [0, 0.05) is 17.7 Å². The van der Waals surface area contributed by atoms with Crippen molar-refractivity contribution in [2.75, 3.05) is 17.7 Å². The molecule has 4 rings (SSSR count). The van der Waals surface area contributed by atoms with Crippen LogP contribution in [0.2, 0.25) is 0 Å². The number of hydrogen-bond acceptors (Lipinski definition) is 10. The molecule has 2 aromatic carbocycles. The Balaban J connectivity index is 1.35. The molecule has 10 nitrogen and oxygen atoms in total. The summed E-state index contributed by atoms with van der Waals surface area (Å²) in [7, 11) is 0. The molecule has 12 heteroatoms. The summed E-state index contributed by atoms with van der Waals surface area (Å²) in [6.07, 6.45) is 0. The molecule has 0 fully saturated rings. The van der Waals surface area contributed by atoms with Gasteiger partial charge in [-0.25, -0.2) is 4.98 Å². The molecule has 0 spiro atoms. The second kappa shape index (κ2) is 9.10. The van der Waals surface area contributed by atoms with Gasteiger partial charge in [-0.15, -0.1) is 10.2 Å². The Labute approximate surface area is 183 Å². The van der Waals surface area contributed by atoms with Crippen LogP contribution < -0.4 is 10.1 Å². The minimum Gasteiger partial charge on any atom is -0.494 e. The van der Waals surface area contributed by atoms with E-state index in [4.69, 9.17) is 9.15 Å². The molecule has 158 valence electrons. The van der Waals surface area contributed by atoms with Crippen molar-refractivity contribution < 1.29 is 18.9 Å². The van der Waals surface area contributed by atoms with Gasteiger partial charge in [-0.3, -0.25) is 14.9 Å². The van der Waals surface area contributed by atoms with Crippen molar-refractivity contribution in [1.29, 1.82) is 0 Å². The zero-order chi connectivity index (χ0) is 21.8. The number of aromatic nitrogens is 3. The average molecular weight is 457 g/mol. The summed E-state index contributed by atoms with van der Waals surface area (Å²) in [5, 5.41) is 22.0. The van der Waals surface area contributed by atoms with Gasteiger partial charge in [-0.2, -0.15) is 0 Å². The second-order valence-corrected chi connectivity index (χ2v) is 8.05. The highest BCUT2D eigenvalue weighted by molar-refractivity contribution is 7.99. The van der Waals surface area contributed by atoms with Crippen molar-refractivity contribution in [2.45, 2.75) is 12.1 Å². The van der Waals surface area contributed by atoms with E-state index in [1.54, 1.807) is 0 Å². The third kappa shape index (κ3) is 4.98. The molecule has 0 aliphatic rings. The van der Waals surface area contributed by atoms with E-state index in [-0.39, 0.29) is 28.5 Å². The van der Waals surface area contributed by atoms with Gasteiger partial charge in [0.25, 0.3) is 10.9 Å². The van der Waals surface area contributed by atoms with Crippen molar-refractivity contribution >= 4 is 50.0 Å². The van der Waals surface area contributed by atoms with E-state index in [9.17, 15) is 14.9 Å². The smallest absolute Gasteiger partial charge is 0.277 e. The number of nitrogens with zero attached hydrogens (tertiary/aromatic N) is 4.